The van der Waals surface area contributed by atoms with E-state index in [2.05, 4.69) is 10.3 Å². The number of benzene rings is 3. The van der Waals surface area contributed by atoms with Gasteiger partial charge in [-0.15, -0.1) is 0 Å². The first kappa shape index (κ1) is 21.5. The average molecular weight is 449 g/mol. The van der Waals surface area contributed by atoms with Crippen LogP contribution in [-0.4, -0.2) is 29.7 Å². The molecular weight excluding hydrogens is 428 g/mol. The summed E-state index contributed by atoms with van der Waals surface area (Å²) in [6.45, 7) is -0.198. The predicted octanol–water partition coefficient (Wildman–Crippen LogP) is 4.89. The molecule has 0 aliphatic carbocycles. The van der Waals surface area contributed by atoms with E-state index in [-0.39, 0.29) is 18.3 Å². The van der Waals surface area contributed by atoms with Crippen molar-refractivity contribution in [1.29, 1.82) is 0 Å². The molecule has 1 amide bonds. The quantitative estimate of drug-likeness (QED) is 0.421. The zero-order valence-electron chi connectivity index (χ0n) is 17.3. The largest absolute Gasteiger partial charge is 0.505 e. The van der Waals surface area contributed by atoms with Crippen molar-refractivity contribution in [1.82, 2.24) is 10.3 Å². The summed E-state index contributed by atoms with van der Waals surface area (Å²) in [4.78, 5) is 17.1. The molecule has 0 bridgehead atoms. The molecule has 0 aliphatic rings. The molecule has 4 aromatic rings. The normalized spacial score (nSPS) is 11.7. The van der Waals surface area contributed by atoms with Gasteiger partial charge in [0.1, 0.15) is 22.8 Å². The van der Waals surface area contributed by atoms with Crippen LogP contribution in [0.2, 0.25) is 5.02 Å². The number of ether oxygens (including phenoxy) is 2. The number of halogens is 1. The van der Waals surface area contributed by atoms with Crippen LogP contribution >= 0.6 is 11.6 Å². The first-order valence-electron chi connectivity index (χ1n) is 9.94. The minimum atomic E-state index is -0.748. The topological polar surface area (TPSA) is 80.7 Å². The van der Waals surface area contributed by atoms with Crippen molar-refractivity contribution >= 4 is 28.4 Å². The monoisotopic (exact) mass is 448 g/mol. The van der Waals surface area contributed by atoms with Gasteiger partial charge in [-0.05, 0) is 36.4 Å². The highest BCUT2D eigenvalue weighted by molar-refractivity contribution is 6.35. The Morgan fingerprint density at radius 3 is 2.59 bits per heavy atom. The van der Waals surface area contributed by atoms with E-state index < -0.39 is 6.04 Å². The summed E-state index contributed by atoms with van der Waals surface area (Å²) in [7, 11) is 1.55. The third kappa shape index (κ3) is 4.45. The maximum Gasteiger partial charge on any atom is 0.258 e. The number of carbonyl (C=O) groups excluding carboxylic acids is 1. The maximum atomic E-state index is 12.8. The number of carbonyl (C=O) groups is 1. The van der Waals surface area contributed by atoms with E-state index in [1.54, 1.807) is 49.7 Å². The van der Waals surface area contributed by atoms with Gasteiger partial charge in [0.2, 0.25) is 0 Å². The van der Waals surface area contributed by atoms with Crippen LogP contribution in [0.5, 0.6) is 17.2 Å². The molecule has 0 aliphatic heterocycles. The number of aromatic hydroxyl groups is 1. The van der Waals surface area contributed by atoms with Gasteiger partial charge in [0, 0.05) is 22.7 Å². The Hall–Kier alpha value is -3.77. The van der Waals surface area contributed by atoms with Gasteiger partial charge < -0.3 is 19.9 Å². The molecule has 0 fully saturated rings. The summed E-state index contributed by atoms with van der Waals surface area (Å²) in [6.07, 6.45) is 1.58. The van der Waals surface area contributed by atoms with E-state index in [0.717, 1.165) is 0 Å². The SMILES string of the molecule is COc1ccccc1[C@H](NC(=O)COc1ccccc1)c1cc(Cl)c2cccnc2c1O. The number of hydrogen-bond acceptors (Lipinski definition) is 5. The van der Waals surface area contributed by atoms with Gasteiger partial charge in [-0.2, -0.15) is 0 Å². The molecule has 0 radical (unpaired) electrons. The van der Waals surface area contributed by atoms with E-state index in [1.165, 1.54) is 0 Å². The molecule has 32 heavy (non-hydrogen) atoms. The third-order valence-electron chi connectivity index (χ3n) is 5.02. The zero-order valence-corrected chi connectivity index (χ0v) is 18.0. The molecule has 0 saturated heterocycles. The van der Waals surface area contributed by atoms with Gasteiger partial charge in [-0.3, -0.25) is 9.78 Å². The Balaban J connectivity index is 1.73. The standard InChI is InChI=1S/C25H21ClN2O4/c1-31-21-12-6-5-10-18(21)23(28-22(29)15-32-16-8-3-2-4-9-16)19-14-20(26)17-11-7-13-27-24(17)25(19)30/h2-14,23,30H,15H2,1H3,(H,28,29)/t23-/m0/s1. The Bertz CT molecular complexity index is 1250. The number of aromatic nitrogens is 1. The number of nitrogens with zero attached hydrogens (tertiary/aromatic N) is 1. The van der Waals surface area contributed by atoms with Crippen LogP contribution in [0.4, 0.5) is 0 Å². The highest BCUT2D eigenvalue weighted by Crippen LogP contribution is 2.40. The average Bonchev–Trinajstić information content (AvgIpc) is 2.84. The number of hydrogen-bond donors (Lipinski definition) is 2. The third-order valence-corrected chi connectivity index (χ3v) is 5.34. The predicted molar refractivity (Wildman–Crippen MR) is 123 cm³/mol. The molecule has 7 heteroatoms. The van der Waals surface area contributed by atoms with Gasteiger partial charge in [-0.1, -0.05) is 48.0 Å². The van der Waals surface area contributed by atoms with Crippen molar-refractivity contribution < 1.29 is 19.4 Å². The lowest BCUT2D eigenvalue weighted by Gasteiger charge is -2.23. The van der Waals surface area contributed by atoms with Crippen LogP contribution in [-0.2, 0) is 4.79 Å². The number of rotatable bonds is 7. The van der Waals surface area contributed by atoms with Crippen molar-refractivity contribution in [3.05, 3.63) is 95.1 Å². The van der Waals surface area contributed by atoms with Crippen LogP contribution < -0.4 is 14.8 Å². The lowest BCUT2D eigenvalue weighted by atomic mass is 9.95. The highest BCUT2D eigenvalue weighted by atomic mass is 35.5. The molecule has 1 atom stereocenters. The first-order chi connectivity index (χ1) is 15.6. The number of methoxy groups -OCH3 is 1. The molecule has 0 unspecified atom stereocenters. The second kappa shape index (κ2) is 9.58. The number of nitrogens with one attached hydrogen (secondary N) is 1. The van der Waals surface area contributed by atoms with Gasteiger partial charge in [0.25, 0.3) is 5.91 Å². The lowest BCUT2D eigenvalue weighted by molar-refractivity contribution is -0.123. The van der Waals surface area contributed by atoms with Crippen LogP contribution in [0.1, 0.15) is 17.2 Å². The second-order valence-corrected chi connectivity index (χ2v) is 7.45. The van der Waals surface area contributed by atoms with Crippen molar-refractivity contribution in [3.8, 4) is 17.2 Å². The van der Waals surface area contributed by atoms with Crippen molar-refractivity contribution in [2.24, 2.45) is 0 Å². The second-order valence-electron chi connectivity index (χ2n) is 7.04. The number of para-hydroxylation sites is 2. The Kier molecular flexibility index (Phi) is 6.42. The van der Waals surface area contributed by atoms with Crippen molar-refractivity contribution in [2.75, 3.05) is 13.7 Å². The number of phenolic OH excluding ortho intramolecular Hbond substituents is 1. The van der Waals surface area contributed by atoms with Gasteiger partial charge in [0.15, 0.2) is 6.61 Å². The minimum Gasteiger partial charge on any atom is -0.505 e. The molecule has 0 spiro atoms. The summed E-state index contributed by atoms with van der Waals surface area (Å²) in [5.41, 5.74) is 1.41. The number of fused-ring (bicyclic) bond motifs is 1. The van der Waals surface area contributed by atoms with E-state index in [0.29, 0.717) is 38.6 Å². The fourth-order valence-corrected chi connectivity index (χ4v) is 3.79. The molecule has 162 valence electrons. The van der Waals surface area contributed by atoms with E-state index in [9.17, 15) is 9.90 Å². The number of phenols is 1. The fourth-order valence-electron chi connectivity index (χ4n) is 3.52. The fraction of sp³-hybridized carbons (Fsp3) is 0.120. The molecule has 6 nitrogen and oxygen atoms in total. The summed E-state index contributed by atoms with van der Waals surface area (Å²) in [5.74, 6) is 0.697. The Morgan fingerprint density at radius 2 is 1.81 bits per heavy atom. The van der Waals surface area contributed by atoms with Crippen LogP contribution in [0, 0.1) is 0 Å². The van der Waals surface area contributed by atoms with E-state index in [1.807, 2.05) is 36.4 Å². The lowest BCUT2D eigenvalue weighted by Crippen LogP contribution is -2.33. The summed E-state index contributed by atoms with van der Waals surface area (Å²) >= 11 is 6.50. The molecule has 1 aromatic heterocycles. The molecular formula is C25H21ClN2O4. The Labute approximate surface area is 190 Å². The summed E-state index contributed by atoms with van der Waals surface area (Å²) < 4.78 is 11.1. The van der Waals surface area contributed by atoms with Crippen molar-refractivity contribution in [2.45, 2.75) is 6.04 Å². The van der Waals surface area contributed by atoms with E-state index >= 15 is 0 Å². The smallest absolute Gasteiger partial charge is 0.258 e. The van der Waals surface area contributed by atoms with Gasteiger partial charge >= 0.3 is 0 Å². The number of pyridine rings is 1. The van der Waals surface area contributed by atoms with Crippen LogP contribution in [0.15, 0.2) is 79.0 Å². The van der Waals surface area contributed by atoms with E-state index in [4.69, 9.17) is 21.1 Å². The maximum absolute atomic E-state index is 12.8. The summed E-state index contributed by atoms with van der Waals surface area (Å²) in [5, 5.41) is 15.0. The molecule has 1 heterocycles. The molecule has 3 aromatic carbocycles. The first-order valence-corrected chi connectivity index (χ1v) is 10.3. The molecule has 4 rings (SSSR count). The van der Waals surface area contributed by atoms with Crippen LogP contribution in [0.25, 0.3) is 10.9 Å². The van der Waals surface area contributed by atoms with Gasteiger partial charge in [0.05, 0.1) is 18.2 Å². The van der Waals surface area contributed by atoms with Crippen molar-refractivity contribution in [3.63, 3.8) is 0 Å². The van der Waals surface area contributed by atoms with Crippen LogP contribution in [0.3, 0.4) is 0 Å². The highest BCUT2D eigenvalue weighted by Gasteiger charge is 2.25. The number of amides is 1. The minimum absolute atomic E-state index is 0.0646. The molecule has 0 saturated carbocycles. The summed E-state index contributed by atoms with van der Waals surface area (Å²) in [6, 6.07) is 20.7. The Morgan fingerprint density at radius 1 is 1.06 bits per heavy atom. The zero-order chi connectivity index (χ0) is 22.5. The molecule has 2 N–H and O–H groups in total. The van der Waals surface area contributed by atoms with Gasteiger partial charge in [-0.25, -0.2) is 0 Å².